The van der Waals surface area contributed by atoms with Gasteiger partial charge in [0, 0.05) is 23.8 Å². The molecule has 2 aromatic rings. The SMILES string of the molecule is CN(Cc1ccc(Br)cc1)S(=O)(=O)c1cc(N)ccc1F. The molecule has 0 aliphatic rings. The monoisotopic (exact) mass is 372 g/mol. The number of anilines is 1. The van der Waals surface area contributed by atoms with Gasteiger partial charge in [-0.3, -0.25) is 0 Å². The van der Waals surface area contributed by atoms with Gasteiger partial charge in [0.15, 0.2) is 0 Å². The minimum atomic E-state index is -3.93. The van der Waals surface area contributed by atoms with Crippen molar-refractivity contribution in [3.63, 3.8) is 0 Å². The highest BCUT2D eigenvalue weighted by Crippen LogP contribution is 2.22. The number of nitrogens with two attached hydrogens (primary N) is 1. The second-order valence-corrected chi connectivity index (χ2v) is 7.51. The molecule has 0 unspecified atom stereocenters. The first-order chi connectivity index (χ1) is 9.80. The number of hydrogen-bond acceptors (Lipinski definition) is 3. The summed E-state index contributed by atoms with van der Waals surface area (Å²) in [5.41, 5.74) is 6.54. The molecule has 0 radical (unpaired) electrons. The summed E-state index contributed by atoms with van der Waals surface area (Å²) in [6.07, 6.45) is 0. The summed E-state index contributed by atoms with van der Waals surface area (Å²) in [5, 5.41) is 0. The molecule has 0 saturated heterocycles. The lowest BCUT2D eigenvalue weighted by atomic mass is 10.2. The molecule has 0 saturated carbocycles. The van der Waals surface area contributed by atoms with E-state index in [9.17, 15) is 12.8 Å². The molecule has 0 aromatic heterocycles. The van der Waals surface area contributed by atoms with E-state index in [-0.39, 0.29) is 12.2 Å². The Bertz CT molecular complexity index is 748. The molecule has 0 fully saturated rings. The molecule has 2 rings (SSSR count). The number of nitrogen functional groups attached to an aromatic ring is 1. The van der Waals surface area contributed by atoms with Crippen molar-refractivity contribution in [3.8, 4) is 0 Å². The first kappa shape index (κ1) is 15.9. The topological polar surface area (TPSA) is 63.4 Å². The third kappa shape index (κ3) is 3.61. The minimum absolute atomic E-state index is 0.143. The normalized spacial score (nSPS) is 11.8. The zero-order valence-corrected chi connectivity index (χ0v) is 13.7. The average molecular weight is 373 g/mol. The molecule has 0 spiro atoms. The lowest BCUT2D eigenvalue weighted by molar-refractivity contribution is 0.460. The van der Waals surface area contributed by atoms with Crippen LogP contribution in [0, 0.1) is 5.82 Å². The van der Waals surface area contributed by atoms with Gasteiger partial charge in [0.2, 0.25) is 10.0 Å². The second kappa shape index (κ2) is 6.13. The lowest BCUT2D eigenvalue weighted by Gasteiger charge is -2.18. The largest absolute Gasteiger partial charge is 0.399 e. The van der Waals surface area contributed by atoms with Crippen LogP contribution in [-0.4, -0.2) is 19.8 Å². The van der Waals surface area contributed by atoms with Crippen LogP contribution in [0.25, 0.3) is 0 Å². The second-order valence-electron chi connectivity index (χ2n) is 4.58. The van der Waals surface area contributed by atoms with E-state index in [1.54, 1.807) is 12.1 Å². The Kier molecular flexibility index (Phi) is 4.65. The number of sulfonamides is 1. The summed E-state index contributed by atoms with van der Waals surface area (Å²) in [5.74, 6) is -0.813. The Morgan fingerprint density at radius 1 is 1.19 bits per heavy atom. The number of benzene rings is 2. The summed E-state index contributed by atoms with van der Waals surface area (Å²) in [4.78, 5) is -0.415. The van der Waals surface area contributed by atoms with Crippen molar-refractivity contribution in [3.05, 3.63) is 58.3 Å². The summed E-state index contributed by atoms with van der Waals surface area (Å²) in [7, 11) is -2.53. The van der Waals surface area contributed by atoms with E-state index in [0.717, 1.165) is 26.5 Å². The van der Waals surface area contributed by atoms with E-state index in [1.807, 2.05) is 12.1 Å². The van der Waals surface area contributed by atoms with Crippen LogP contribution in [0.2, 0.25) is 0 Å². The van der Waals surface area contributed by atoms with E-state index in [1.165, 1.54) is 13.1 Å². The van der Waals surface area contributed by atoms with Gasteiger partial charge in [0.25, 0.3) is 0 Å². The number of halogens is 2. The van der Waals surface area contributed by atoms with Gasteiger partial charge in [0.1, 0.15) is 10.7 Å². The molecule has 0 bridgehead atoms. The predicted octanol–water partition coefficient (Wildman–Crippen LogP) is 2.99. The Morgan fingerprint density at radius 2 is 1.81 bits per heavy atom. The quantitative estimate of drug-likeness (QED) is 0.839. The van der Waals surface area contributed by atoms with E-state index in [4.69, 9.17) is 5.73 Å². The van der Waals surface area contributed by atoms with Crippen LogP contribution in [0.4, 0.5) is 10.1 Å². The van der Waals surface area contributed by atoms with Gasteiger partial charge in [-0.2, -0.15) is 4.31 Å². The van der Waals surface area contributed by atoms with Crippen LogP contribution in [0.15, 0.2) is 51.8 Å². The van der Waals surface area contributed by atoms with E-state index >= 15 is 0 Å². The molecule has 4 nitrogen and oxygen atoms in total. The molecule has 0 heterocycles. The fraction of sp³-hybridized carbons (Fsp3) is 0.143. The molecule has 0 aliphatic carbocycles. The maximum atomic E-state index is 13.7. The molecular formula is C14H14BrFN2O2S. The third-order valence-corrected chi connectivity index (χ3v) is 5.31. The van der Waals surface area contributed by atoms with Crippen molar-refractivity contribution in [1.29, 1.82) is 0 Å². The van der Waals surface area contributed by atoms with Gasteiger partial charge in [-0.1, -0.05) is 28.1 Å². The molecule has 2 aromatic carbocycles. The van der Waals surface area contributed by atoms with E-state index < -0.39 is 20.7 Å². The van der Waals surface area contributed by atoms with Crippen LogP contribution in [0.1, 0.15) is 5.56 Å². The average Bonchev–Trinajstić information content (AvgIpc) is 2.43. The summed E-state index contributed by atoms with van der Waals surface area (Å²) < 4.78 is 40.5. The van der Waals surface area contributed by atoms with Crippen LogP contribution in [0.5, 0.6) is 0 Å². The Labute approximate surface area is 131 Å². The molecule has 2 N–H and O–H groups in total. The van der Waals surface area contributed by atoms with Crippen LogP contribution < -0.4 is 5.73 Å². The molecule has 7 heteroatoms. The van der Waals surface area contributed by atoms with Gasteiger partial charge >= 0.3 is 0 Å². The molecule has 21 heavy (non-hydrogen) atoms. The molecule has 0 amide bonds. The Hall–Kier alpha value is -1.44. The van der Waals surface area contributed by atoms with Gasteiger partial charge in [-0.25, -0.2) is 12.8 Å². The van der Waals surface area contributed by atoms with Crippen molar-refractivity contribution >= 4 is 31.6 Å². The Balaban J connectivity index is 2.30. The zero-order valence-electron chi connectivity index (χ0n) is 11.3. The number of rotatable bonds is 4. The first-order valence-electron chi connectivity index (χ1n) is 6.06. The van der Waals surface area contributed by atoms with E-state index in [0.29, 0.717) is 0 Å². The third-order valence-electron chi connectivity index (χ3n) is 2.96. The standard InChI is InChI=1S/C14H14BrFN2O2S/c1-18(9-10-2-4-11(15)5-3-10)21(19,20)14-8-12(17)6-7-13(14)16/h2-8H,9,17H2,1H3. The van der Waals surface area contributed by atoms with E-state index in [2.05, 4.69) is 15.9 Å². The van der Waals surface area contributed by atoms with Gasteiger partial charge in [-0.15, -0.1) is 0 Å². The van der Waals surface area contributed by atoms with Crippen LogP contribution >= 0.6 is 15.9 Å². The lowest BCUT2D eigenvalue weighted by Crippen LogP contribution is -2.27. The van der Waals surface area contributed by atoms with Crippen LogP contribution in [0.3, 0.4) is 0 Å². The van der Waals surface area contributed by atoms with Gasteiger partial charge < -0.3 is 5.73 Å². The zero-order chi connectivity index (χ0) is 15.6. The summed E-state index contributed by atoms with van der Waals surface area (Å²) in [6.45, 7) is 0.143. The maximum absolute atomic E-state index is 13.7. The molecular weight excluding hydrogens is 359 g/mol. The summed E-state index contributed by atoms with van der Waals surface area (Å²) >= 11 is 3.31. The highest BCUT2D eigenvalue weighted by molar-refractivity contribution is 9.10. The molecule has 112 valence electrons. The fourth-order valence-corrected chi connectivity index (χ4v) is 3.34. The molecule has 0 atom stereocenters. The van der Waals surface area contributed by atoms with Gasteiger partial charge in [0.05, 0.1) is 0 Å². The maximum Gasteiger partial charge on any atom is 0.246 e. The van der Waals surface area contributed by atoms with Crippen LogP contribution in [-0.2, 0) is 16.6 Å². The minimum Gasteiger partial charge on any atom is -0.399 e. The fourth-order valence-electron chi connectivity index (χ4n) is 1.82. The highest BCUT2D eigenvalue weighted by Gasteiger charge is 2.24. The van der Waals surface area contributed by atoms with Crippen molar-refractivity contribution in [2.45, 2.75) is 11.4 Å². The number of hydrogen-bond donors (Lipinski definition) is 1. The first-order valence-corrected chi connectivity index (χ1v) is 8.30. The summed E-state index contributed by atoms with van der Waals surface area (Å²) in [6, 6.07) is 10.7. The van der Waals surface area contributed by atoms with Crippen molar-refractivity contribution in [1.82, 2.24) is 4.31 Å². The van der Waals surface area contributed by atoms with Crippen molar-refractivity contribution < 1.29 is 12.8 Å². The van der Waals surface area contributed by atoms with Gasteiger partial charge in [-0.05, 0) is 35.9 Å². The van der Waals surface area contributed by atoms with Crippen molar-refractivity contribution in [2.75, 3.05) is 12.8 Å². The highest BCUT2D eigenvalue weighted by atomic mass is 79.9. The smallest absolute Gasteiger partial charge is 0.246 e. The molecule has 0 aliphatic heterocycles. The number of nitrogens with zero attached hydrogens (tertiary/aromatic N) is 1. The predicted molar refractivity (Wildman–Crippen MR) is 83.6 cm³/mol. The Morgan fingerprint density at radius 3 is 2.43 bits per heavy atom. The van der Waals surface area contributed by atoms with Crippen molar-refractivity contribution in [2.24, 2.45) is 0 Å².